The Morgan fingerprint density at radius 1 is 0.969 bits per heavy atom. The Labute approximate surface area is 186 Å². The fourth-order valence-electron chi connectivity index (χ4n) is 4.26. The van der Waals surface area contributed by atoms with Gasteiger partial charge in [-0.05, 0) is 55.5 Å². The molecule has 8 nitrogen and oxygen atoms in total. The molecule has 1 fully saturated rings. The summed E-state index contributed by atoms with van der Waals surface area (Å²) in [5.41, 5.74) is 20.3. The number of carbonyl (C=O) groups excluding carboxylic acids is 2. The smallest absolute Gasteiger partial charge is 0.268 e. The lowest BCUT2D eigenvalue weighted by molar-refractivity contribution is 0.0916. The molecule has 1 heterocycles. The molecular formula is C24H28N6O2. The van der Waals surface area contributed by atoms with Gasteiger partial charge in [0.05, 0.1) is 0 Å². The summed E-state index contributed by atoms with van der Waals surface area (Å²) in [5, 5.41) is 11.8. The Hall–Kier alpha value is -3.65. The van der Waals surface area contributed by atoms with Crippen LogP contribution in [-0.2, 0) is 6.54 Å². The third-order valence-corrected chi connectivity index (χ3v) is 6.13. The number of amidine groups is 1. The number of fused-ring (bicyclic) bond motifs is 1. The van der Waals surface area contributed by atoms with Crippen LogP contribution in [0.15, 0.2) is 48.5 Å². The number of rotatable bonds is 6. The van der Waals surface area contributed by atoms with Crippen LogP contribution in [0.25, 0.3) is 10.9 Å². The van der Waals surface area contributed by atoms with Crippen molar-refractivity contribution in [3.63, 3.8) is 0 Å². The van der Waals surface area contributed by atoms with Crippen molar-refractivity contribution in [2.24, 2.45) is 17.2 Å². The van der Waals surface area contributed by atoms with Crippen molar-refractivity contribution in [2.45, 2.75) is 44.3 Å². The summed E-state index contributed by atoms with van der Waals surface area (Å²) in [6.45, 7) is 0.419. The van der Waals surface area contributed by atoms with E-state index in [9.17, 15) is 9.59 Å². The number of amides is 2. The second-order valence-corrected chi connectivity index (χ2v) is 8.45. The molecule has 8 heteroatoms. The number of nitrogens with zero attached hydrogens (tertiary/aromatic N) is 1. The van der Waals surface area contributed by atoms with Crippen LogP contribution in [0.1, 0.15) is 57.7 Å². The monoisotopic (exact) mass is 432 g/mol. The Balaban J connectivity index is 1.69. The third-order valence-electron chi connectivity index (χ3n) is 6.13. The summed E-state index contributed by atoms with van der Waals surface area (Å²) in [6, 6.07) is 14.7. The second kappa shape index (κ2) is 8.84. The lowest BCUT2D eigenvalue weighted by Crippen LogP contribution is -2.41. The molecule has 1 aliphatic rings. The molecule has 166 valence electrons. The lowest BCUT2D eigenvalue weighted by Gasteiger charge is -2.27. The highest BCUT2D eigenvalue weighted by Gasteiger charge is 2.23. The minimum atomic E-state index is -0.485. The lowest BCUT2D eigenvalue weighted by atomic mass is 9.92. The summed E-state index contributed by atoms with van der Waals surface area (Å²) in [5.74, 6) is -0.656. The van der Waals surface area contributed by atoms with Gasteiger partial charge >= 0.3 is 0 Å². The van der Waals surface area contributed by atoms with Crippen LogP contribution in [0.5, 0.6) is 0 Å². The van der Waals surface area contributed by atoms with E-state index in [1.54, 1.807) is 18.2 Å². The van der Waals surface area contributed by atoms with Gasteiger partial charge in [-0.3, -0.25) is 15.0 Å². The summed E-state index contributed by atoms with van der Waals surface area (Å²) in [7, 11) is 0. The molecule has 0 spiro atoms. The summed E-state index contributed by atoms with van der Waals surface area (Å²) >= 11 is 0. The van der Waals surface area contributed by atoms with Gasteiger partial charge in [0.1, 0.15) is 11.5 Å². The first-order valence-electron chi connectivity index (χ1n) is 10.7. The minimum Gasteiger partial charge on any atom is -0.384 e. The molecule has 0 unspecified atom stereocenters. The number of hydrogen-bond donors (Lipinski definition) is 5. The van der Waals surface area contributed by atoms with Crippen molar-refractivity contribution in [2.75, 3.05) is 0 Å². The van der Waals surface area contributed by atoms with E-state index >= 15 is 0 Å². The largest absolute Gasteiger partial charge is 0.384 e. The molecule has 3 aromatic rings. The Morgan fingerprint density at radius 3 is 2.25 bits per heavy atom. The zero-order valence-electron chi connectivity index (χ0n) is 17.8. The molecule has 1 saturated carbocycles. The zero-order valence-corrected chi connectivity index (χ0v) is 17.8. The highest BCUT2D eigenvalue weighted by atomic mass is 16.2. The topological polar surface area (TPSA) is 153 Å². The predicted octanol–water partition coefficient (Wildman–Crippen LogP) is 2.07. The minimum absolute atomic E-state index is 0.0324. The van der Waals surface area contributed by atoms with Gasteiger partial charge in [-0.1, -0.05) is 24.3 Å². The van der Waals surface area contributed by atoms with Gasteiger partial charge in [0.25, 0.3) is 5.91 Å². The summed E-state index contributed by atoms with van der Waals surface area (Å²) < 4.78 is 1.92. The van der Waals surface area contributed by atoms with E-state index in [0.29, 0.717) is 23.4 Å². The molecule has 4 rings (SSSR count). The van der Waals surface area contributed by atoms with E-state index in [0.717, 1.165) is 42.1 Å². The normalized spacial score (nSPS) is 18.4. The zero-order chi connectivity index (χ0) is 22.8. The number of hydrogen-bond acceptors (Lipinski definition) is 4. The highest BCUT2D eigenvalue weighted by molar-refractivity contribution is 6.02. The van der Waals surface area contributed by atoms with E-state index in [1.807, 2.05) is 34.9 Å². The molecule has 0 radical (unpaired) electrons. The van der Waals surface area contributed by atoms with Crippen molar-refractivity contribution < 1.29 is 9.59 Å². The number of benzene rings is 2. The van der Waals surface area contributed by atoms with E-state index in [2.05, 4.69) is 5.32 Å². The first-order chi connectivity index (χ1) is 15.3. The summed E-state index contributed by atoms with van der Waals surface area (Å²) in [4.78, 5) is 24.6. The van der Waals surface area contributed by atoms with Crippen molar-refractivity contribution in [3.05, 3.63) is 70.9 Å². The van der Waals surface area contributed by atoms with Crippen LogP contribution in [0.4, 0.5) is 0 Å². The molecule has 0 atom stereocenters. The van der Waals surface area contributed by atoms with E-state index in [-0.39, 0.29) is 23.8 Å². The van der Waals surface area contributed by atoms with E-state index in [4.69, 9.17) is 22.6 Å². The second-order valence-electron chi connectivity index (χ2n) is 8.45. The highest BCUT2D eigenvalue weighted by Crippen LogP contribution is 2.24. The SMILES string of the molecule is N=C(N)c1ccc2cc(C(=O)NC3CCC(N)CC3)n(Cc3ccc(C(N)=O)cc3)c2c1. The maximum atomic E-state index is 13.2. The molecule has 0 saturated heterocycles. The van der Waals surface area contributed by atoms with Crippen LogP contribution in [0.2, 0.25) is 0 Å². The fraction of sp³-hybridized carbons (Fsp3) is 0.292. The third kappa shape index (κ3) is 4.50. The van der Waals surface area contributed by atoms with E-state index < -0.39 is 5.91 Å². The van der Waals surface area contributed by atoms with Crippen molar-refractivity contribution >= 4 is 28.6 Å². The first kappa shape index (κ1) is 21.6. The number of primary amides is 1. The van der Waals surface area contributed by atoms with Crippen LogP contribution >= 0.6 is 0 Å². The molecule has 32 heavy (non-hydrogen) atoms. The standard InChI is InChI=1S/C24H28N6O2/c25-18-7-9-19(10-8-18)29-24(32)21-11-16-5-6-17(22(26)27)12-20(16)30(21)13-14-1-3-15(4-2-14)23(28)31/h1-6,11-12,18-19H,7-10,13,25H2,(H3,26,27)(H2,28,31)(H,29,32). The molecule has 0 aliphatic heterocycles. The Morgan fingerprint density at radius 2 is 1.62 bits per heavy atom. The average molecular weight is 433 g/mol. The van der Waals surface area contributed by atoms with Crippen LogP contribution in [0.3, 0.4) is 0 Å². The van der Waals surface area contributed by atoms with Crippen LogP contribution < -0.4 is 22.5 Å². The number of nitrogens with one attached hydrogen (secondary N) is 2. The fourth-order valence-corrected chi connectivity index (χ4v) is 4.26. The van der Waals surface area contributed by atoms with Gasteiger partial charge in [-0.25, -0.2) is 0 Å². The Bertz CT molecular complexity index is 1170. The van der Waals surface area contributed by atoms with Gasteiger partial charge < -0.3 is 27.1 Å². The maximum absolute atomic E-state index is 13.2. The number of carbonyl (C=O) groups is 2. The molecule has 2 amide bonds. The van der Waals surface area contributed by atoms with Gasteiger partial charge in [0, 0.05) is 40.7 Å². The number of aromatic nitrogens is 1. The van der Waals surface area contributed by atoms with Gasteiger partial charge in [0.2, 0.25) is 5.91 Å². The van der Waals surface area contributed by atoms with Crippen molar-refractivity contribution in [3.8, 4) is 0 Å². The van der Waals surface area contributed by atoms with Crippen molar-refractivity contribution in [1.29, 1.82) is 5.41 Å². The Kier molecular flexibility index (Phi) is 5.96. The molecular weight excluding hydrogens is 404 g/mol. The van der Waals surface area contributed by atoms with Crippen LogP contribution in [0, 0.1) is 5.41 Å². The van der Waals surface area contributed by atoms with Gasteiger partial charge in [-0.2, -0.15) is 0 Å². The van der Waals surface area contributed by atoms with Gasteiger partial charge in [-0.15, -0.1) is 0 Å². The van der Waals surface area contributed by atoms with Crippen molar-refractivity contribution in [1.82, 2.24) is 9.88 Å². The molecule has 1 aliphatic carbocycles. The molecule has 1 aromatic heterocycles. The first-order valence-corrected chi connectivity index (χ1v) is 10.7. The number of nitrogen functional groups attached to an aromatic ring is 1. The van der Waals surface area contributed by atoms with Gasteiger partial charge in [0.15, 0.2) is 0 Å². The quantitative estimate of drug-likeness (QED) is 0.299. The number of nitrogens with two attached hydrogens (primary N) is 3. The van der Waals surface area contributed by atoms with E-state index in [1.165, 1.54) is 0 Å². The van der Waals surface area contributed by atoms with Crippen LogP contribution in [-0.4, -0.2) is 34.3 Å². The predicted molar refractivity (Wildman–Crippen MR) is 125 cm³/mol. The molecule has 0 bridgehead atoms. The molecule has 8 N–H and O–H groups in total. The maximum Gasteiger partial charge on any atom is 0.268 e. The summed E-state index contributed by atoms with van der Waals surface area (Å²) in [6.07, 6.45) is 3.55. The molecule has 2 aromatic carbocycles. The average Bonchev–Trinajstić information content (AvgIpc) is 3.13.